The minimum absolute atomic E-state index is 0.217. The molecule has 0 aliphatic heterocycles. The average Bonchev–Trinajstić information content (AvgIpc) is 2.43. The molecule has 0 spiro atoms. The van der Waals surface area contributed by atoms with Crippen LogP contribution in [-0.4, -0.2) is 43.8 Å². The maximum atomic E-state index is 11.7. The van der Waals surface area contributed by atoms with Crippen LogP contribution < -0.4 is 0 Å². The van der Waals surface area contributed by atoms with Crippen LogP contribution in [0.15, 0.2) is 0 Å². The zero-order chi connectivity index (χ0) is 13.8. The van der Waals surface area contributed by atoms with E-state index in [0.717, 1.165) is 0 Å². The van der Waals surface area contributed by atoms with Crippen molar-refractivity contribution in [1.82, 2.24) is 4.90 Å². The van der Waals surface area contributed by atoms with Crippen molar-refractivity contribution in [3.8, 4) is 0 Å². The lowest BCUT2D eigenvalue weighted by Gasteiger charge is -2.35. The Labute approximate surface area is 118 Å². The number of carbonyl (C=O) groups is 1. The number of rotatable bonds is 4. The molecule has 1 amide bonds. The number of thioether (sulfide) groups is 1. The lowest BCUT2D eigenvalue weighted by molar-refractivity contribution is -0.130. The predicted octanol–water partition coefficient (Wildman–Crippen LogP) is 2.59. The van der Waals surface area contributed by atoms with Gasteiger partial charge in [0.25, 0.3) is 0 Å². The first-order valence-corrected chi connectivity index (χ1v) is 8.49. The predicted molar refractivity (Wildman–Crippen MR) is 84.1 cm³/mol. The molecule has 1 aliphatic carbocycles. The summed E-state index contributed by atoms with van der Waals surface area (Å²) in [6, 6.07) is 0.455. The molecule has 0 radical (unpaired) electrons. The quantitative estimate of drug-likeness (QED) is 0.577. The largest absolute Gasteiger partial charge is 0.343 e. The van der Waals surface area contributed by atoms with Gasteiger partial charge < -0.3 is 4.90 Å². The lowest BCUT2D eigenvalue weighted by atomic mass is 9.63. The van der Waals surface area contributed by atoms with Gasteiger partial charge in [-0.05, 0) is 30.8 Å². The molecular weight excluding hydrogens is 241 g/mol. The molecule has 0 aromatic rings. The van der Waals surface area contributed by atoms with Crippen LogP contribution in [0, 0.1) is 5.92 Å². The van der Waals surface area contributed by atoms with Crippen molar-refractivity contribution in [1.29, 1.82) is 0 Å². The minimum atomic E-state index is 0.217. The minimum Gasteiger partial charge on any atom is -0.343 e. The molecular formula is C14H28BNOS. The first-order valence-electron chi connectivity index (χ1n) is 7.10. The molecule has 1 saturated carbocycles. The third kappa shape index (κ3) is 4.53. The number of carbonyl (C=O) groups excluding carboxylic acids is 1. The van der Waals surface area contributed by atoms with E-state index in [0.29, 0.717) is 17.3 Å². The zero-order valence-corrected chi connectivity index (χ0v) is 13.5. The summed E-state index contributed by atoms with van der Waals surface area (Å²) in [7, 11) is 4.37. The van der Waals surface area contributed by atoms with Gasteiger partial charge in [-0.2, -0.15) is 11.8 Å². The molecule has 1 rings (SSSR count). The Hall–Kier alpha value is -0.115. The van der Waals surface area contributed by atoms with Gasteiger partial charge in [0.1, 0.15) is 7.85 Å². The van der Waals surface area contributed by atoms with Gasteiger partial charge in [0.2, 0.25) is 5.91 Å². The molecule has 4 heteroatoms. The van der Waals surface area contributed by atoms with Crippen molar-refractivity contribution in [2.24, 2.45) is 5.92 Å². The molecule has 3 unspecified atom stereocenters. The van der Waals surface area contributed by atoms with Gasteiger partial charge in [-0.15, -0.1) is 0 Å². The van der Waals surface area contributed by atoms with Gasteiger partial charge in [0.15, 0.2) is 0 Å². The van der Waals surface area contributed by atoms with Crippen LogP contribution in [0.2, 0.25) is 5.31 Å². The summed E-state index contributed by atoms with van der Waals surface area (Å²) in [5.41, 5.74) is 0. The number of hydrogen-bond donors (Lipinski definition) is 0. The van der Waals surface area contributed by atoms with Gasteiger partial charge in [-0.3, -0.25) is 4.79 Å². The number of amides is 1. The van der Waals surface area contributed by atoms with Gasteiger partial charge >= 0.3 is 0 Å². The fourth-order valence-electron chi connectivity index (χ4n) is 3.28. The van der Waals surface area contributed by atoms with Crippen LogP contribution in [0.1, 0.15) is 46.0 Å². The van der Waals surface area contributed by atoms with Crippen molar-refractivity contribution in [2.45, 2.75) is 57.3 Å². The summed E-state index contributed by atoms with van der Waals surface area (Å²) < 4.78 is 0. The van der Waals surface area contributed by atoms with Gasteiger partial charge in [0.05, 0.1) is 0 Å². The van der Waals surface area contributed by atoms with Crippen LogP contribution in [0.3, 0.4) is 0 Å². The van der Waals surface area contributed by atoms with E-state index in [2.05, 4.69) is 21.0 Å². The van der Waals surface area contributed by atoms with Crippen LogP contribution in [0.5, 0.6) is 0 Å². The number of hydrogen-bond acceptors (Lipinski definition) is 2. The van der Waals surface area contributed by atoms with Crippen LogP contribution >= 0.6 is 11.8 Å². The average molecular weight is 269 g/mol. The van der Waals surface area contributed by atoms with E-state index in [4.69, 9.17) is 0 Å². The molecule has 1 fully saturated rings. The lowest BCUT2D eigenvalue weighted by Crippen LogP contribution is -2.41. The van der Waals surface area contributed by atoms with Gasteiger partial charge in [0, 0.05) is 20.0 Å². The topological polar surface area (TPSA) is 20.3 Å². The van der Waals surface area contributed by atoms with Gasteiger partial charge in [-0.1, -0.05) is 31.5 Å². The molecule has 2 nitrogen and oxygen atoms in total. The third-order valence-corrected chi connectivity index (χ3v) is 5.04. The molecule has 0 aromatic carbocycles. The molecule has 0 N–H and O–H groups in total. The molecule has 0 heterocycles. The normalized spacial score (nSPS) is 32.9. The first-order chi connectivity index (χ1) is 8.37. The molecule has 1 aliphatic rings. The van der Waals surface area contributed by atoms with Crippen molar-refractivity contribution in [3.05, 3.63) is 0 Å². The summed E-state index contributed by atoms with van der Waals surface area (Å²) in [5, 5.41) is 0.440. The second-order valence-electron chi connectivity index (χ2n) is 6.50. The highest BCUT2D eigenvalue weighted by atomic mass is 32.2. The molecule has 18 heavy (non-hydrogen) atoms. The van der Waals surface area contributed by atoms with Crippen molar-refractivity contribution < 1.29 is 4.79 Å². The third-order valence-electron chi connectivity index (χ3n) is 4.40. The molecule has 104 valence electrons. The highest BCUT2D eigenvalue weighted by molar-refractivity contribution is 7.98. The Bertz CT molecular complexity index is 283. The fourth-order valence-corrected chi connectivity index (χ4v) is 3.82. The summed E-state index contributed by atoms with van der Waals surface area (Å²) in [4.78, 5) is 13.6. The maximum absolute atomic E-state index is 11.7. The maximum Gasteiger partial charge on any atom is 0.219 e. The van der Waals surface area contributed by atoms with E-state index < -0.39 is 0 Å². The standard InChI is InChI=1S/C14H28BNOS/c1-11(17)16(3)13-6-5-8-14(2,15)10-12(13)7-9-18-4/h12-13H,5-10,15H2,1-4H3. The van der Waals surface area contributed by atoms with Crippen molar-refractivity contribution in [2.75, 3.05) is 19.1 Å². The second-order valence-corrected chi connectivity index (χ2v) is 7.48. The monoisotopic (exact) mass is 269 g/mol. The van der Waals surface area contributed by atoms with Crippen molar-refractivity contribution in [3.63, 3.8) is 0 Å². The van der Waals surface area contributed by atoms with Gasteiger partial charge in [-0.25, -0.2) is 0 Å². The van der Waals surface area contributed by atoms with Crippen LogP contribution in [0.4, 0.5) is 0 Å². The van der Waals surface area contributed by atoms with E-state index in [1.165, 1.54) is 37.9 Å². The smallest absolute Gasteiger partial charge is 0.219 e. The zero-order valence-electron chi connectivity index (χ0n) is 12.7. The molecule has 0 aromatic heterocycles. The summed E-state index contributed by atoms with van der Waals surface area (Å²) in [6.07, 6.45) is 8.41. The molecule has 0 saturated heterocycles. The summed E-state index contributed by atoms with van der Waals surface area (Å²) in [6.45, 7) is 4.08. The van der Waals surface area contributed by atoms with E-state index in [1.807, 2.05) is 23.7 Å². The molecule has 3 atom stereocenters. The van der Waals surface area contributed by atoms with Crippen LogP contribution in [0.25, 0.3) is 0 Å². The summed E-state index contributed by atoms with van der Waals surface area (Å²) >= 11 is 1.92. The Morgan fingerprint density at radius 1 is 1.56 bits per heavy atom. The van der Waals surface area contributed by atoms with E-state index in [1.54, 1.807) is 6.92 Å². The highest BCUT2D eigenvalue weighted by Gasteiger charge is 2.34. The van der Waals surface area contributed by atoms with E-state index in [9.17, 15) is 4.79 Å². The fraction of sp³-hybridized carbons (Fsp3) is 0.929. The second kappa shape index (κ2) is 6.88. The Balaban J connectivity index is 2.79. The number of nitrogens with zero attached hydrogens (tertiary/aromatic N) is 1. The van der Waals surface area contributed by atoms with Crippen LogP contribution in [-0.2, 0) is 4.79 Å². The van der Waals surface area contributed by atoms with Crippen molar-refractivity contribution >= 4 is 25.5 Å². The summed E-state index contributed by atoms with van der Waals surface area (Å²) in [5.74, 6) is 2.10. The Morgan fingerprint density at radius 2 is 2.22 bits per heavy atom. The van der Waals surface area contributed by atoms with E-state index in [-0.39, 0.29) is 5.91 Å². The van der Waals surface area contributed by atoms with E-state index >= 15 is 0 Å². The molecule has 0 bridgehead atoms. The SMILES string of the molecule is BC1(C)CCCC(N(C)C(C)=O)C(CCSC)C1. The Kier molecular flexibility index (Phi) is 6.09. The highest BCUT2D eigenvalue weighted by Crippen LogP contribution is 2.43. The first kappa shape index (κ1) is 15.9. The Morgan fingerprint density at radius 3 is 2.78 bits per heavy atom.